The lowest BCUT2D eigenvalue weighted by Gasteiger charge is -2.27. The van der Waals surface area contributed by atoms with Gasteiger partial charge in [0.1, 0.15) is 11.5 Å². The molecular formula is C16H18BrN3O5S. The van der Waals surface area contributed by atoms with Gasteiger partial charge in [0.25, 0.3) is 5.91 Å². The number of anilines is 1. The highest BCUT2D eigenvalue weighted by molar-refractivity contribution is 9.10. The Kier molecular flexibility index (Phi) is 5.33. The van der Waals surface area contributed by atoms with Gasteiger partial charge in [0.15, 0.2) is 9.84 Å². The average Bonchev–Trinajstić information content (AvgIpc) is 2.95. The molecule has 1 N–H and O–H groups in total. The molecule has 8 nitrogen and oxygen atoms in total. The SMILES string of the molecule is COc1ccc(Br)cc1NC(=O)C1=NN([C@H]2CCS(=O)(=O)C2)C(=O)CC1. The Morgan fingerprint density at radius 3 is 2.81 bits per heavy atom. The molecule has 2 aliphatic heterocycles. The van der Waals surface area contributed by atoms with E-state index in [4.69, 9.17) is 4.74 Å². The van der Waals surface area contributed by atoms with Crippen molar-refractivity contribution in [3.05, 3.63) is 22.7 Å². The van der Waals surface area contributed by atoms with Crippen LogP contribution in [0.4, 0.5) is 5.69 Å². The van der Waals surface area contributed by atoms with E-state index in [1.807, 2.05) is 0 Å². The van der Waals surface area contributed by atoms with Gasteiger partial charge in [-0.1, -0.05) is 15.9 Å². The summed E-state index contributed by atoms with van der Waals surface area (Å²) in [5.41, 5.74) is 0.664. The molecule has 2 aliphatic rings. The van der Waals surface area contributed by atoms with E-state index in [1.54, 1.807) is 18.2 Å². The average molecular weight is 444 g/mol. The summed E-state index contributed by atoms with van der Waals surface area (Å²) in [6, 6.07) is 4.69. The number of carbonyl (C=O) groups is 2. The van der Waals surface area contributed by atoms with Gasteiger partial charge < -0.3 is 10.1 Å². The topological polar surface area (TPSA) is 105 Å². The van der Waals surface area contributed by atoms with Gasteiger partial charge in [0, 0.05) is 17.3 Å². The van der Waals surface area contributed by atoms with Crippen molar-refractivity contribution in [2.75, 3.05) is 23.9 Å². The number of benzene rings is 1. The zero-order chi connectivity index (χ0) is 18.9. The Morgan fingerprint density at radius 2 is 2.15 bits per heavy atom. The van der Waals surface area contributed by atoms with Crippen molar-refractivity contribution in [2.45, 2.75) is 25.3 Å². The highest BCUT2D eigenvalue weighted by Crippen LogP contribution is 2.28. The van der Waals surface area contributed by atoms with E-state index in [0.29, 0.717) is 17.9 Å². The number of sulfone groups is 1. The van der Waals surface area contributed by atoms with Gasteiger partial charge in [-0.2, -0.15) is 5.10 Å². The highest BCUT2D eigenvalue weighted by atomic mass is 79.9. The zero-order valence-corrected chi connectivity index (χ0v) is 16.5. The second kappa shape index (κ2) is 7.36. The minimum Gasteiger partial charge on any atom is -0.495 e. The van der Waals surface area contributed by atoms with E-state index >= 15 is 0 Å². The van der Waals surface area contributed by atoms with Crippen molar-refractivity contribution < 1.29 is 22.7 Å². The molecule has 1 saturated heterocycles. The normalized spacial score (nSPS) is 22.1. The maximum absolute atomic E-state index is 12.6. The fourth-order valence-electron chi connectivity index (χ4n) is 2.96. The van der Waals surface area contributed by atoms with Crippen molar-refractivity contribution in [3.8, 4) is 5.75 Å². The molecule has 0 saturated carbocycles. The van der Waals surface area contributed by atoms with E-state index in [0.717, 1.165) is 4.47 Å². The minimum absolute atomic E-state index is 0.0355. The summed E-state index contributed by atoms with van der Waals surface area (Å²) in [6.07, 6.45) is 0.668. The summed E-state index contributed by atoms with van der Waals surface area (Å²) in [5, 5.41) is 8.06. The summed E-state index contributed by atoms with van der Waals surface area (Å²) < 4.78 is 29.3. The monoisotopic (exact) mass is 443 g/mol. The minimum atomic E-state index is -3.15. The summed E-state index contributed by atoms with van der Waals surface area (Å²) in [6.45, 7) is 0. The quantitative estimate of drug-likeness (QED) is 0.759. The molecule has 0 bridgehead atoms. The number of ether oxygens (including phenoxy) is 1. The van der Waals surface area contributed by atoms with Crippen molar-refractivity contribution >= 4 is 49.0 Å². The molecule has 1 aromatic rings. The molecule has 140 valence electrons. The molecule has 26 heavy (non-hydrogen) atoms. The Morgan fingerprint density at radius 1 is 1.38 bits per heavy atom. The number of hydrogen-bond donors (Lipinski definition) is 1. The first-order valence-electron chi connectivity index (χ1n) is 8.04. The van der Waals surface area contributed by atoms with Crippen LogP contribution in [0.3, 0.4) is 0 Å². The number of amides is 2. The Bertz CT molecular complexity index is 884. The molecule has 10 heteroatoms. The number of halogens is 1. The zero-order valence-electron chi connectivity index (χ0n) is 14.1. The standard InChI is InChI=1S/C16H18BrN3O5S/c1-25-14-4-2-10(17)8-13(14)18-16(22)12-3-5-15(21)20(19-12)11-6-7-26(23,24)9-11/h2,4,8,11H,3,5-7,9H2,1H3,(H,18,22)/t11-/m0/s1. The molecule has 2 amide bonds. The van der Waals surface area contributed by atoms with Gasteiger partial charge in [0.05, 0.1) is 30.3 Å². The molecule has 0 unspecified atom stereocenters. The predicted molar refractivity (Wildman–Crippen MR) is 99.9 cm³/mol. The van der Waals surface area contributed by atoms with Crippen LogP contribution in [0.5, 0.6) is 5.75 Å². The first-order valence-corrected chi connectivity index (χ1v) is 10.7. The third-order valence-corrected chi connectivity index (χ3v) is 6.53. The fraction of sp³-hybridized carbons (Fsp3) is 0.438. The van der Waals surface area contributed by atoms with E-state index in [2.05, 4.69) is 26.3 Å². The van der Waals surface area contributed by atoms with Gasteiger partial charge in [-0.25, -0.2) is 13.4 Å². The summed E-state index contributed by atoms with van der Waals surface area (Å²) in [7, 11) is -1.66. The third kappa shape index (κ3) is 4.07. The lowest BCUT2D eigenvalue weighted by molar-refractivity contribution is -0.133. The van der Waals surface area contributed by atoms with E-state index in [-0.39, 0.29) is 36.0 Å². The molecule has 0 aliphatic carbocycles. The van der Waals surface area contributed by atoms with Crippen molar-refractivity contribution in [1.29, 1.82) is 0 Å². The molecule has 1 aromatic carbocycles. The van der Waals surface area contributed by atoms with Crippen LogP contribution in [0.25, 0.3) is 0 Å². The predicted octanol–water partition coefficient (Wildman–Crippen LogP) is 1.56. The van der Waals surface area contributed by atoms with Crippen LogP contribution in [0, 0.1) is 0 Å². The van der Waals surface area contributed by atoms with Gasteiger partial charge in [-0.05, 0) is 24.6 Å². The largest absolute Gasteiger partial charge is 0.495 e. The number of hydrogen-bond acceptors (Lipinski definition) is 6. The number of carbonyl (C=O) groups excluding carboxylic acids is 2. The fourth-order valence-corrected chi connectivity index (χ4v) is 5.01. The summed E-state index contributed by atoms with van der Waals surface area (Å²) >= 11 is 3.34. The summed E-state index contributed by atoms with van der Waals surface area (Å²) in [5.74, 6) is -0.291. The Hall–Kier alpha value is -1.94. The molecule has 3 rings (SSSR count). The lowest BCUT2D eigenvalue weighted by atomic mass is 10.1. The molecule has 0 radical (unpaired) electrons. The van der Waals surface area contributed by atoms with Crippen molar-refractivity contribution in [1.82, 2.24) is 5.01 Å². The molecule has 2 heterocycles. The van der Waals surface area contributed by atoms with Crippen LogP contribution >= 0.6 is 15.9 Å². The second-order valence-corrected chi connectivity index (χ2v) is 9.28. The molecule has 0 spiro atoms. The lowest BCUT2D eigenvalue weighted by Crippen LogP contribution is -2.42. The van der Waals surface area contributed by atoms with Crippen molar-refractivity contribution in [2.24, 2.45) is 5.10 Å². The third-order valence-electron chi connectivity index (χ3n) is 4.29. The number of nitrogens with one attached hydrogen (secondary N) is 1. The van der Waals surface area contributed by atoms with Crippen LogP contribution in [-0.4, -0.2) is 55.6 Å². The smallest absolute Gasteiger partial charge is 0.271 e. The molecule has 0 aromatic heterocycles. The van der Waals surface area contributed by atoms with E-state index in [1.165, 1.54) is 12.1 Å². The summed E-state index contributed by atoms with van der Waals surface area (Å²) in [4.78, 5) is 24.7. The first-order chi connectivity index (χ1) is 12.3. The van der Waals surface area contributed by atoms with Gasteiger partial charge in [0.2, 0.25) is 5.91 Å². The van der Waals surface area contributed by atoms with E-state index in [9.17, 15) is 18.0 Å². The Balaban J connectivity index is 1.80. The number of nitrogens with zero attached hydrogens (tertiary/aromatic N) is 2. The molecule has 1 fully saturated rings. The first kappa shape index (κ1) is 18.8. The van der Waals surface area contributed by atoms with Gasteiger partial charge >= 0.3 is 0 Å². The van der Waals surface area contributed by atoms with Crippen LogP contribution in [0.1, 0.15) is 19.3 Å². The number of rotatable bonds is 4. The van der Waals surface area contributed by atoms with E-state index < -0.39 is 21.8 Å². The maximum atomic E-state index is 12.6. The second-order valence-electron chi connectivity index (χ2n) is 6.14. The molecular weight excluding hydrogens is 426 g/mol. The molecule has 1 atom stereocenters. The van der Waals surface area contributed by atoms with Crippen LogP contribution in [-0.2, 0) is 19.4 Å². The van der Waals surface area contributed by atoms with Crippen LogP contribution in [0.15, 0.2) is 27.8 Å². The number of hydrazone groups is 1. The number of methoxy groups -OCH3 is 1. The Labute approximate surface area is 159 Å². The van der Waals surface area contributed by atoms with Gasteiger partial charge in [-0.15, -0.1) is 0 Å². The van der Waals surface area contributed by atoms with Crippen LogP contribution in [0.2, 0.25) is 0 Å². The highest BCUT2D eigenvalue weighted by Gasteiger charge is 2.37. The van der Waals surface area contributed by atoms with Crippen LogP contribution < -0.4 is 10.1 Å². The van der Waals surface area contributed by atoms with Gasteiger partial charge in [-0.3, -0.25) is 9.59 Å². The van der Waals surface area contributed by atoms with Crippen molar-refractivity contribution in [3.63, 3.8) is 0 Å². The maximum Gasteiger partial charge on any atom is 0.271 e.